The van der Waals surface area contributed by atoms with Gasteiger partial charge in [-0.25, -0.2) is 0 Å². The van der Waals surface area contributed by atoms with Gasteiger partial charge in [-0.1, -0.05) is 41.5 Å². The molecule has 1 aromatic heterocycles. The normalized spacial score (nSPS) is 17.1. The minimum absolute atomic E-state index is 0.118. The monoisotopic (exact) mass is 480 g/mol. The summed E-state index contributed by atoms with van der Waals surface area (Å²) in [5.41, 5.74) is 0.666. The van der Waals surface area contributed by atoms with Gasteiger partial charge in [0, 0.05) is 11.6 Å². The Labute approximate surface area is 200 Å². The topological polar surface area (TPSA) is 102 Å². The maximum atomic E-state index is 13.2. The van der Waals surface area contributed by atoms with E-state index in [0.29, 0.717) is 22.8 Å². The van der Waals surface area contributed by atoms with Gasteiger partial charge in [-0.05, 0) is 42.8 Å². The van der Waals surface area contributed by atoms with Crippen LogP contribution in [0.4, 0.5) is 5.82 Å². The van der Waals surface area contributed by atoms with E-state index in [0.717, 1.165) is 0 Å². The third-order valence-electron chi connectivity index (χ3n) is 5.27. The summed E-state index contributed by atoms with van der Waals surface area (Å²) in [5.74, 6) is -0.584. The summed E-state index contributed by atoms with van der Waals surface area (Å²) in [7, 11) is 1.47. The molecule has 0 unspecified atom stereocenters. The number of hydrogen-bond donors (Lipinski definition) is 1. The number of nitrogens with zero attached hydrogens (tertiary/aromatic N) is 2. The maximum absolute atomic E-state index is 13.2. The molecule has 0 saturated carbocycles. The molecule has 4 rings (SSSR count). The molecule has 1 amide bonds. The van der Waals surface area contributed by atoms with Crippen LogP contribution in [-0.2, 0) is 9.59 Å². The second-order valence-corrected chi connectivity index (χ2v) is 7.89. The minimum Gasteiger partial charge on any atom is -0.507 e. The van der Waals surface area contributed by atoms with E-state index in [1.54, 1.807) is 55.5 Å². The first-order valence-corrected chi connectivity index (χ1v) is 10.7. The number of Topliss-reactive ketones (excluding diaryl/α,β-unsaturated/α-hetero) is 1. The fourth-order valence-corrected chi connectivity index (χ4v) is 4.01. The van der Waals surface area contributed by atoms with Crippen LogP contribution in [0.5, 0.6) is 11.5 Å². The zero-order chi connectivity index (χ0) is 24.4. The number of aromatic nitrogens is 1. The van der Waals surface area contributed by atoms with Crippen LogP contribution < -0.4 is 14.4 Å². The Hall–Kier alpha value is -4.04. The summed E-state index contributed by atoms with van der Waals surface area (Å²) in [6.07, 6.45) is 1.60. The van der Waals surface area contributed by atoms with Gasteiger partial charge < -0.3 is 19.1 Å². The van der Waals surface area contributed by atoms with E-state index in [9.17, 15) is 14.7 Å². The molecule has 0 radical (unpaired) electrons. The van der Waals surface area contributed by atoms with Gasteiger partial charge in [0.05, 0.1) is 23.7 Å². The lowest BCUT2D eigenvalue weighted by Gasteiger charge is -2.23. The summed E-state index contributed by atoms with van der Waals surface area (Å²) >= 11 is 6.23. The second kappa shape index (κ2) is 9.44. The van der Waals surface area contributed by atoms with Crippen molar-refractivity contribution in [2.24, 2.45) is 0 Å². The fraction of sp³-hybridized carbons (Fsp3) is 0.160. The smallest absolute Gasteiger partial charge is 0.301 e. The largest absolute Gasteiger partial charge is 0.507 e. The first-order chi connectivity index (χ1) is 16.3. The number of ketones is 1. The highest BCUT2D eigenvalue weighted by Crippen LogP contribution is 2.43. The predicted molar refractivity (Wildman–Crippen MR) is 126 cm³/mol. The SMILES string of the molecule is C=CCOc1cccc([C@H]2/C(=C(\O)c3ccc(OC)c(Cl)c3)C(=O)C(=O)N2c2cc(C)on2)c1. The summed E-state index contributed by atoms with van der Waals surface area (Å²) < 4.78 is 15.9. The van der Waals surface area contributed by atoms with Crippen LogP contribution in [0, 0.1) is 6.92 Å². The van der Waals surface area contributed by atoms with Gasteiger partial charge in [0.15, 0.2) is 5.82 Å². The molecule has 174 valence electrons. The number of hydrogen-bond acceptors (Lipinski definition) is 7. The summed E-state index contributed by atoms with van der Waals surface area (Å²) in [4.78, 5) is 27.5. The highest BCUT2D eigenvalue weighted by atomic mass is 35.5. The van der Waals surface area contributed by atoms with Gasteiger partial charge in [-0.2, -0.15) is 0 Å². The molecule has 1 saturated heterocycles. The van der Waals surface area contributed by atoms with Crippen LogP contribution in [0.3, 0.4) is 0 Å². The second-order valence-electron chi connectivity index (χ2n) is 7.49. The first-order valence-electron chi connectivity index (χ1n) is 10.3. The molecule has 8 nitrogen and oxygen atoms in total. The molecule has 1 atom stereocenters. The predicted octanol–water partition coefficient (Wildman–Crippen LogP) is 4.84. The molecule has 0 aliphatic carbocycles. The quantitative estimate of drug-likeness (QED) is 0.223. The minimum atomic E-state index is -0.988. The van der Waals surface area contributed by atoms with Crippen LogP contribution >= 0.6 is 11.6 Å². The molecule has 1 N–H and O–H groups in total. The number of aryl methyl sites for hydroxylation is 1. The number of rotatable bonds is 7. The summed E-state index contributed by atoms with van der Waals surface area (Å²) in [5, 5.41) is 15.4. The van der Waals surface area contributed by atoms with Crippen molar-refractivity contribution in [3.8, 4) is 11.5 Å². The van der Waals surface area contributed by atoms with Crippen molar-refractivity contribution in [2.45, 2.75) is 13.0 Å². The van der Waals surface area contributed by atoms with Crippen molar-refractivity contribution in [1.82, 2.24) is 5.16 Å². The molecule has 9 heteroatoms. The van der Waals surface area contributed by atoms with Gasteiger partial charge in [0.25, 0.3) is 5.78 Å². The summed E-state index contributed by atoms with van der Waals surface area (Å²) in [6, 6.07) is 12.0. The van der Waals surface area contributed by atoms with Crippen molar-refractivity contribution in [3.63, 3.8) is 0 Å². The molecule has 1 aliphatic heterocycles. The highest BCUT2D eigenvalue weighted by Gasteiger charge is 2.48. The first kappa shape index (κ1) is 23.1. The molecule has 0 bridgehead atoms. The zero-order valence-corrected chi connectivity index (χ0v) is 19.2. The lowest BCUT2D eigenvalue weighted by atomic mass is 9.95. The average molecular weight is 481 g/mol. The van der Waals surface area contributed by atoms with E-state index >= 15 is 0 Å². The molecule has 0 spiro atoms. The van der Waals surface area contributed by atoms with Crippen molar-refractivity contribution in [1.29, 1.82) is 0 Å². The number of anilines is 1. The Balaban J connectivity index is 1.91. The van der Waals surface area contributed by atoms with Gasteiger partial charge >= 0.3 is 5.91 Å². The van der Waals surface area contributed by atoms with Crippen molar-refractivity contribution < 1.29 is 28.7 Å². The third-order valence-corrected chi connectivity index (χ3v) is 5.57. The fourth-order valence-electron chi connectivity index (χ4n) is 3.75. The van der Waals surface area contributed by atoms with Gasteiger partial charge in [0.1, 0.15) is 29.6 Å². The number of aliphatic hydroxyl groups is 1. The Morgan fingerprint density at radius 1 is 1.26 bits per heavy atom. The molecular weight excluding hydrogens is 460 g/mol. The Morgan fingerprint density at radius 2 is 2.06 bits per heavy atom. The zero-order valence-electron chi connectivity index (χ0n) is 18.4. The average Bonchev–Trinajstić information content (AvgIpc) is 3.37. The van der Waals surface area contributed by atoms with Crippen LogP contribution in [0.25, 0.3) is 5.76 Å². The van der Waals surface area contributed by atoms with E-state index < -0.39 is 17.7 Å². The molecule has 3 aromatic rings. The van der Waals surface area contributed by atoms with Gasteiger partial charge in [0.2, 0.25) is 0 Å². The molecule has 1 aliphatic rings. The lowest BCUT2D eigenvalue weighted by Crippen LogP contribution is -2.29. The number of carbonyl (C=O) groups is 2. The molecule has 2 heterocycles. The molecule has 1 fully saturated rings. The van der Waals surface area contributed by atoms with Gasteiger partial charge in [-0.3, -0.25) is 14.5 Å². The number of aliphatic hydroxyl groups excluding tert-OH is 1. The standard InChI is InChI=1S/C25H21ClN2O6/c1-4-10-33-17-7-5-6-15(12-17)22-21(23(29)16-8-9-19(32-3)18(26)13-16)24(30)25(31)28(22)20-11-14(2)34-27-20/h4-9,11-13,22,29H,1,10H2,2-3H3/b23-21+/t22-/m0/s1. The summed E-state index contributed by atoms with van der Waals surface area (Å²) in [6.45, 7) is 5.58. The molecule has 34 heavy (non-hydrogen) atoms. The van der Waals surface area contributed by atoms with E-state index in [-0.39, 0.29) is 34.3 Å². The van der Waals surface area contributed by atoms with E-state index in [1.165, 1.54) is 18.1 Å². The number of carbonyl (C=O) groups excluding carboxylic acids is 2. The van der Waals surface area contributed by atoms with Crippen LogP contribution in [0.15, 0.2) is 71.3 Å². The Bertz CT molecular complexity index is 1310. The number of benzene rings is 2. The van der Waals surface area contributed by atoms with Crippen molar-refractivity contribution in [3.05, 3.63) is 88.7 Å². The number of ether oxygens (including phenoxy) is 2. The van der Waals surface area contributed by atoms with Crippen LogP contribution in [0.1, 0.15) is 22.9 Å². The number of halogens is 1. The van der Waals surface area contributed by atoms with Crippen molar-refractivity contribution in [2.75, 3.05) is 18.6 Å². The Kier molecular flexibility index (Phi) is 6.43. The van der Waals surface area contributed by atoms with E-state index in [4.69, 9.17) is 25.6 Å². The molecular formula is C25H21ClN2O6. The van der Waals surface area contributed by atoms with Gasteiger partial charge in [-0.15, -0.1) is 0 Å². The Morgan fingerprint density at radius 3 is 2.71 bits per heavy atom. The maximum Gasteiger partial charge on any atom is 0.301 e. The third kappa shape index (κ3) is 4.15. The van der Waals surface area contributed by atoms with E-state index in [2.05, 4.69) is 11.7 Å². The lowest BCUT2D eigenvalue weighted by molar-refractivity contribution is -0.132. The highest BCUT2D eigenvalue weighted by molar-refractivity contribution is 6.51. The van der Waals surface area contributed by atoms with Crippen molar-refractivity contribution >= 4 is 34.9 Å². The van der Waals surface area contributed by atoms with E-state index in [1.807, 2.05) is 0 Å². The van der Waals surface area contributed by atoms with Crippen LogP contribution in [-0.4, -0.2) is 35.7 Å². The van der Waals surface area contributed by atoms with Crippen LogP contribution in [0.2, 0.25) is 5.02 Å². The molecule has 2 aromatic carbocycles. The number of methoxy groups -OCH3 is 1. The number of amides is 1.